The van der Waals surface area contributed by atoms with Crippen LogP contribution in [0, 0.1) is 5.92 Å². The number of hydrogen-bond donors (Lipinski definition) is 3. The van der Waals surface area contributed by atoms with Crippen LogP contribution in [0.2, 0.25) is 0 Å². The molecule has 3 amide bonds. The standard InChI is InChI=1S/C18H33N3O6/c1-10(2)12(14(23)26-9)20-15(24)18(7,8)21-13(22)11(3)19-16(25)27-17(4,5)6/h10-12H,1-9H3,(H,19,25)(H,20,24)(H,21,22). The summed E-state index contributed by atoms with van der Waals surface area (Å²) >= 11 is 0. The molecule has 0 heterocycles. The third-order valence-electron chi connectivity index (χ3n) is 3.54. The quantitative estimate of drug-likeness (QED) is 0.562. The maximum atomic E-state index is 12.5. The third-order valence-corrected chi connectivity index (χ3v) is 3.54. The number of carbonyl (C=O) groups excluding carboxylic acids is 4. The molecule has 27 heavy (non-hydrogen) atoms. The lowest BCUT2D eigenvalue weighted by Gasteiger charge is -2.30. The van der Waals surface area contributed by atoms with Crippen LogP contribution in [0.1, 0.15) is 55.4 Å². The summed E-state index contributed by atoms with van der Waals surface area (Å²) in [5.41, 5.74) is -2.01. The Morgan fingerprint density at radius 2 is 1.41 bits per heavy atom. The van der Waals surface area contributed by atoms with Crippen molar-refractivity contribution in [3.8, 4) is 0 Å². The van der Waals surface area contributed by atoms with Crippen molar-refractivity contribution in [1.82, 2.24) is 16.0 Å². The van der Waals surface area contributed by atoms with Crippen molar-refractivity contribution >= 4 is 23.9 Å². The highest BCUT2D eigenvalue weighted by molar-refractivity contribution is 5.95. The summed E-state index contributed by atoms with van der Waals surface area (Å²) in [7, 11) is 1.24. The highest BCUT2D eigenvalue weighted by Crippen LogP contribution is 2.10. The molecule has 156 valence electrons. The lowest BCUT2D eigenvalue weighted by atomic mass is 9.99. The van der Waals surface area contributed by atoms with Crippen molar-refractivity contribution < 1.29 is 28.7 Å². The lowest BCUT2D eigenvalue weighted by molar-refractivity contribution is -0.147. The number of amides is 3. The number of carbonyl (C=O) groups is 4. The summed E-state index contributed by atoms with van der Waals surface area (Å²) in [5, 5.41) is 7.54. The molecule has 0 radical (unpaired) electrons. The number of methoxy groups -OCH3 is 1. The molecule has 0 fully saturated rings. The van der Waals surface area contributed by atoms with Crippen molar-refractivity contribution in [3.63, 3.8) is 0 Å². The SMILES string of the molecule is COC(=O)C(NC(=O)C(C)(C)NC(=O)C(C)NC(=O)OC(C)(C)C)C(C)C. The first-order chi connectivity index (χ1) is 12.1. The van der Waals surface area contributed by atoms with E-state index in [2.05, 4.69) is 20.7 Å². The number of ether oxygens (including phenoxy) is 2. The van der Waals surface area contributed by atoms with E-state index < -0.39 is 47.1 Å². The van der Waals surface area contributed by atoms with Gasteiger partial charge in [-0.2, -0.15) is 0 Å². The lowest BCUT2D eigenvalue weighted by Crippen LogP contribution is -2.61. The molecule has 0 saturated carbocycles. The number of hydrogen-bond acceptors (Lipinski definition) is 6. The summed E-state index contributed by atoms with van der Waals surface area (Å²) in [4.78, 5) is 48.4. The van der Waals surface area contributed by atoms with Gasteiger partial charge in [0.2, 0.25) is 11.8 Å². The van der Waals surface area contributed by atoms with E-state index >= 15 is 0 Å². The van der Waals surface area contributed by atoms with E-state index in [9.17, 15) is 19.2 Å². The Morgan fingerprint density at radius 3 is 1.81 bits per heavy atom. The fraction of sp³-hybridized carbons (Fsp3) is 0.778. The Hall–Kier alpha value is -2.32. The van der Waals surface area contributed by atoms with Gasteiger partial charge in [0.15, 0.2) is 0 Å². The molecule has 9 nitrogen and oxygen atoms in total. The van der Waals surface area contributed by atoms with Gasteiger partial charge in [-0.15, -0.1) is 0 Å². The van der Waals surface area contributed by atoms with Crippen LogP contribution < -0.4 is 16.0 Å². The third kappa shape index (κ3) is 8.74. The van der Waals surface area contributed by atoms with Crippen LogP contribution in [0.4, 0.5) is 4.79 Å². The fourth-order valence-corrected chi connectivity index (χ4v) is 1.97. The van der Waals surface area contributed by atoms with Crippen LogP contribution >= 0.6 is 0 Å². The Morgan fingerprint density at radius 1 is 0.889 bits per heavy atom. The average Bonchev–Trinajstić information content (AvgIpc) is 2.48. The van der Waals surface area contributed by atoms with Gasteiger partial charge >= 0.3 is 12.1 Å². The Kier molecular flexibility index (Phi) is 8.75. The molecular weight excluding hydrogens is 354 g/mol. The molecule has 0 aromatic heterocycles. The van der Waals surface area contributed by atoms with E-state index in [1.807, 2.05) is 0 Å². The van der Waals surface area contributed by atoms with Crippen LogP contribution in [0.3, 0.4) is 0 Å². The largest absolute Gasteiger partial charge is 0.467 e. The molecule has 0 aromatic rings. The van der Waals surface area contributed by atoms with Crippen LogP contribution in [0.5, 0.6) is 0 Å². The molecule has 0 spiro atoms. The minimum atomic E-state index is -1.32. The van der Waals surface area contributed by atoms with Gasteiger partial charge < -0.3 is 25.4 Å². The second-order valence-electron chi connectivity index (χ2n) is 8.20. The van der Waals surface area contributed by atoms with Gasteiger partial charge in [0.05, 0.1) is 7.11 Å². The molecule has 0 saturated heterocycles. The average molecular weight is 387 g/mol. The zero-order chi connectivity index (χ0) is 21.6. The van der Waals surface area contributed by atoms with E-state index in [0.717, 1.165) is 0 Å². The van der Waals surface area contributed by atoms with Gasteiger partial charge in [-0.25, -0.2) is 9.59 Å². The van der Waals surface area contributed by atoms with Crippen molar-refractivity contribution in [2.45, 2.75) is 78.6 Å². The molecule has 3 N–H and O–H groups in total. The highest BCUT2D eigenvalue weighted by atomic mass is 16.6. The van der Waals surface area contributed by atoms with E-state index in [1.165, 1.54) is 27.9 Å². The van der Waals surface area contributed by atoms with Crippen LogP contribution in [0.15, 0.2) is 0 Å². The van der Waals surface area contributed by atoms with Gasteiger partial charge in [-0.05, 0) is 47.5 Å². The predicted molar refractivity (Wildman–Crippen MR) is 99.8 cm³/mol. The molecule has 0 aliphatic heterocycles. The normalized spacial score (nSPS) is 14.0. The highest BCUT2D eigenvalue weighted by Gasteiger charge is 2.35. The Bertz CT molecular complexity index is 566. The first-order valence-corrected chi connectivity index (χ1v) is 8.81. The van der Waals surface area contributed by atoms with Crippen LogP contribution in [-0.2, 0) is 23.9 Å². The van der Waals surface area contributed by atoms with Crippen molar-refractivity contribution in [1.29, 1.82) is 0 Å². The van der Waals surface area contributed by atoms with Gasteiger partial charge in [0.25, 0.3) is 0 Å². The zero-order valence-electron chi connectivity index (χ0n) is 17.7. The summed E-state index contributed by atoms with van der Waals surface area (Å²) in [6.45, 7) is 13.1. The topological polar surface area (TPSA) is 123 Å². The summed E-state index contributed by atoms with van der Waals surface area (Å²) in [5.74, 6) is -1.88. The second kappa shape index (κ2) is 9.57. The predicted octanol–water partition coefficient (Wildman–Crippen LogP) is 1.11. The van der Waals surface area contributed by atoms with Crippen LogP contribution in [-0.4, -0.2) is 54.2 Å². The van der Waals surface area contributed by atoms with Gasteiger partial charge in [0.1, 0.15) is 23.2 Å². The molecule has 0 aromatic carbocycles. The Labute approximate surface area is 160 Å². The van der Waals surface area contributed by atoms with Crippen molar-refractivity contribution in [2.24, 2.45) is 5.92 Å². The number of rotatable bonds is 7. The monoisotopic (exact) mass is 387 g/mol. The molecule has 0 bridgehead atoms. The molecule has 9 heteroatoms. The smallest absolute Gasteiger partial charge is 0.408 e. The summed E-state index contributed by atoms with van der Waals surface area (Å²) in [6, 6.07) is -1.76. The van der Waals surface area contributed by atoms with Crippen molar-refractivity contribution in [3.05, 3.63) is 0 Å². The Balaban J connectivity index is 4.92. The summed E-state index contributed by atoms with van der Waals surface area (Å²) in [6.07, 6.45) is -0.738. The van der Waals surface area contributed by atoms with E-state index in [4.69, 9.17) is 4.74 Å². The first kappa shape index (κ1) is 24.7. The molecule has 0 rings (SSSR count). The zero-order valence-corrected chi connectivity index (χ0v) is 17.7. The number of esters is 1. The van der Waals surface area contributed by atoms with E-state index in [0.29, 0.717) is 0 Å². The molecular formula is C18H33N3O6. The minimum absolute atomic E-state index is 0.194. The van der Waals surface area contributed by atoms with Crippen LogP contribution in [0.25, 0.3) is 0 Å². The summed E-state index contributed by atoms with van der Waals surface area (Å²) < 4.78 is 9.78. The van der Waals surface area contributed by atoms with Gasteiger partial charge in [-0.3, -0.25) is 9.59 Å². The molecule has 0 aliphatic carbocycles. The van der Waals surface area contributed by atoms with Gasteiger partial charge in [-0.1, -0.05) is 13.8 Å². The second-order valence-corrected chi connectivity index (χ2v) is 8.20. The van der Waals surface area contributed by atoms with E-state index in [1.54, 1.807) is 34.6 Å². The molecule has 2 unspecified atom stereocenters. The maximum absolute atomic E-state index is 12.5. The molecule has 0 aliphatic rings. The maximum Gasteiger partial charge on any atom is 0.408 e. The number of alkyl carbamates (subject to hydrolysis) is 1. The van der Waals surface area contributed by atoms with Gasteiger partial charge in [0, 0.05) is 0 Å². The minimum Gasteiger partial charge on any atom is -0.467 e. The first-order valence-electron chi connectivity index (χ1n) is 8.81. The fourth-order valence-electron chi connectivity index (χ4n) is 1.97. The van der Waals surface area contributed by atoms with Crippen molar-refractivity contribution in [2.75, 3.05) is 7.11 Å². The molecule has 2 atom stereocenters. The number of nitrogens with one attached hydrogen (secondary N) is 3. The van der Waals surface area contributed by atoms with E-state index in [-0.39, 0.29) is 5.92 Å².